The number of fused-ring (bicyclic) bond motifs is 7. The van der Waals surface area contributed by atoms with Gasteiger partial charge in [-0.3, -0.25) is 23.7 Å². The molecule has 0 aliphatic carbocycles. The molecule has 0 N–H and O–H groups in total. The number of benzene rings is 7. The molecule has 0 saturated carbocycles. The van der Waals surface area contributed by atoms with Crippen molar-refractivity contribution in [3.05, 3.63) is 106 Å². The van der Waals surface area contributed by atoms with Gasteiger partial charge in [0, 0.05) is 39.2 Å². The van der Waals surface area contributed by atoms with Gasteiger partial charge in [-0.2, -0.15) is 0 Å². The summed E-state index contributed by atoms with van der Waals surface area (Å²) in [6.07, 6.45) is 6.55. The number of rotatable bonds is 7. The fourth-order valence-electron chi connectivity index (χ4n) is 8.52. The first-order valence-corrected chi connectivity index (χ1v) is 17.1. The number of pyridine rings is 1. The van der Waals surface area contributed by atoms with Crippen molar-refractivity contribution in [2.24, 2.45) is 0 Å². The van der Waals surface area contributed by atoms with E-state index in [0.29, 0.717) is 28.7 Å². The summed E-state index contributed by atoms with van der Waals surface area (Å²) in [4.78, 5) is 48.5. The minimum absolute atomic E-state index is 0.0864. The van der Waals surface area contributed by atoms with Crippen LogP contribution in [0.3, 0.4) is 0 Å². The Morgan fingerprint density at radius 3 is 1.79 bits per heavy atom. The third-order valence-electron chi connectivity index (χ3n) is 10.8. The second-order valence-corrected chi connectivity index (χ2v) is 13.4. The van der Waals surface area contributed by atoms with Crippen LogP contribution in [0.25, 0.3) is 81.3 Å². The van der Waals surface area contributed by atoms with Crippen LogP contribution in [0.15, 0.2) is 89.7 Å². The van der Waals surface area contributed by atoms with Gasteiger partial charge in [0.15, 0.2) is 0 Å². The van der Waals surface area contributed by atoms with Gasteiger partial charge in [-0.1, -0.05) is 87.6 Å². The summed E-state index contributed by atoms with van der Waals surface area (Å²) in [6, 6.07) is 28.3. The number of unbranched alkanes of at least 4 members (excludes halogenated alkanes) is 5. The molecule has 7 aromatic carbocycles. The van der Waals surface area contributed by atoms with Crippen molar-refractivity contribution < 1.29 is 9.59 Å². The van der Waals surface area contributed by atoms with Gasteiger partial charge in [-0.15, -0.1) is 0 Å². The lowest BCUT2D eigenvalue weighted by Gasteiger charge is -2.28. The molecule has 0 fully saturated rings. The summed E-state index contributed by atoms with van der Waals surface area (Å²) in [5.74, 6) is -0.420. The molecule has 0 unspecified atom stereocenters. The molecular weight excluding hydrogens is 594 g/mol. The van der Waals surface area contributed by atoms with Crippen molar-refractivity contribution in [2.75, 3.05) is 6.54 Å². The smallest absolute Gasteiger partial charge is 0.264 e. The van der Waals surface area contributed by atoms with E-state index in [0.717, 1.165) is 89.5 Å². The summed E-state index contributed by atoms with van der Waals surface area (Å²) in [7, 11) is 0. The van der Waals surface area contributed by atoms with Crippen LogP contribution in [0.4, 0.5) is 0 Å². The summed E-state index contributed by atoms with van der Waals surface area (Å²) < 4.78 is 1.76. The van der Waals surface area contributed by atoms with Crippen molar-refractivity contribution in [1.82, 2.24) is 14.3 Å². The van der Waals surface area contributed by atoms with Crippen molar-refractivity contribution in [3.63, 3.8) is 0 Å². The monoisotopic (exact) mass is 625 g/mol. The van der Waals surface area contributed by atoms with Crippen LogP contribution >= 0.6 is 0 Å². The molecule has 0 saturated heterocycles. The van der Waals surface area contributed by atoms with Gasteiger partial charge in [-0.25, -0.2) is 4.98 Å². The molecule has 0 radical (unpaired) electrons. The van der Waals surface area contributed by atoms with Gasteiger partial charge in [0.05, 0.1) is 11.0 Å². The van der Waals surface area contributed by atoms with E-state index in [-0.39, 0.29) is 17.4 Å². The van der Waals surface area contributed by atoms with E-state index in [9.17, 15) is 14.4 Å². The van der Waals surface area contributed by atoms with Crippen molar-refractivity contribution in [2.45, 2.75) is 45.4 Å². The summed E-state index contributed by atoms with van der Waals surface area (Å²) in [5, 5.41) is 11.3. The number of amides is 2. The molecule has 48 heavy (non-hydrogen) atoms. The number of carbonyl (C=O) groups is 2. The molecule has 2 aromatic heterocycles. The highest BCUT2D eigenvalue weighted by Gasteiger charge is 2.34. The van der Waals surface area contributed by atoms with E-state index < -0.39 is 0 Å². The standard InChI is InChI=1S/C42H31N3O3/c1-2-3-4-5-6-9-20-44-40(46)30-17-13-27-25-12-16-29-37-32(19-15-26(35(25)37)28-14-18-31(41(44)47)38(30)36(27)28)42(48)45-34-22-24-11-8-7-10-23(24)21-33(34)43-39(29)45/h7-8,10-19,21-22H,2-6,9,20H2,1H3. The third kappa shape index (κ3) is 3.52. The molecule has 0 atom stereocenters. The highest BCUT2D eigenvalue weighted by Crippen LogP contribution is 2.46. The normalized spacial score (nSPS) is 13.8. The SMILES string of the molecule is CCCCCCCCN1C(=O)c2ccc3c4ccc5c(=O)n6c7cc8ccccc8cc7nc6c6ccc(c7ccc(c2c37)C1=O)c4c56. The molecule has 10 rings (SSSR count). The van der Waals surface area contributed by atoms with E-state index >= 15 is 0 Å². The van der Waals surface area contributed by atoms with E-state index in [1.165, 1.54) is 24.2 Å². The average Bonchev–Trinajstić information content (AvgIpc) is 3.49. The Hall–Kier alpha value is -5.62. The Balaban J connectivity index is 1.20. The Labute approximate surface area is 274 Å². The zero-order chi connectivity index (χ0) is 32.3. The topological polar surface area (TPSA) is 71.8 Å². The Morgan fingerprint density at radius 1 is 0.562 bits per heavy atom. The van der Waals surface area contributed by atoms with Crippen LogP contribution in [0.1, 0.15) is 66.2 Å². The molecule has 6 heteroatoms. The quantitative estimate of drug-likeness (QED) is 0.0765. The number of hydrogen-bond donors (Lipinski definition) is 0. The lowest BCUT2D eigenvalue weighted by molar-refractivity contribution is 0.0608. The van der Waals surface area contributed by atoms with Crippen LogP contribution in [0.5, 0.6) is 0 Å². The minimum atomic E-state index is -0.210. The zero-order valence-corrected chi connectivity index (χ0v) is 26.6. The van der Waals surface area contributed by atoms with E-state index in [1.54, 1.807) is 4.40 Å². The van der Waals surface area contributed by atoms with Crippen LogP contribution in [-0.2, 0) is 0 Å². The van der Waals surface area contributed by atoms with Gasteiger partial charge in [-0.05, 0) is 85.9 Å². The molecule has 3 heterocycles. The number of aromatic nitrogens is 2. The average molecular weight is 626 g/mol. The molecule has 2 amide bonds. The predicted octanol–water partition coefficient (Wildman–Crippen LogP) is 9.60. The minimum Gasteiger partial charge on any atom is -0.274 e. The van der Waals surface area contributed by atoms with Crippen molar-refractivity contribution in [1.29, 1.82) is 0 Å². The largest absolute Gasteiger partial charge is 0.274 e. The summed E-state index contributed by atoms with van der Waals surface area (Å²) in [5.41, 5.74) is 3.33. The number of carbonyl (C=O) groups excluding carboxylic acids is 2. The molecule has 1 aliphatic heterocycles. The number of nitrogens with zero attached hydrogens (tertiary/aromatic N) is 3. The first-order valence-electron chi connectivity index (χ1n) is 17.1. The van der Waals surface area contributed by atoms with E-state index in [1.807, 2.05) is 48.5 Å². The molecule has 9 aromatic rings. The first-order chi connectivity index (χ1) is 23.5. The predicted molar refractivity (Wildman–Crippen MR) is 195 cm³/mol. The van der Waals surface area contributed by atoms with Gasteiger partial charge < -0.3 is 0 Å². The van der Waals surface area contributed by atoms with Gasteiger partial charge in [0.2, 0.25) is 0 Å². The van der Waals surface area contributed by atoms with Crippen molar-refractivity contribution >= 4 is 93.1 Å². The number of hydrogen-bond acceptors (Lipinski definition) is 4. The van der Waals surface area contributed by atoms with Gasteiger partial charge >= 0.3 is 0 Å². The molecule has 232 valence electrons. The maximum atomic E-state index is 14.3. The molecule has 0 spiro atoms. The molecule has 0 bridgehead atoms. The number of imide groups is 1. The molecular formula is C42H31N3O3. The maximum Gasteiger partial charge on any atom is 0.264 e. The van der Waals surface area contributed by atoms with Crippen LogP contribution < -0.4 is 5.56 Å². The zero-order valence-electron chi connectivity index (χ0n) is 26.6. The molecule has 1 aliphatic rings. The van der Waals surface area contributed by atoms with E-state index in [2.05, 4.69) is 43.3 Å². The van der Waals surface area contributed by atoms with Crippen molar-refractivity contribution in [3.8, 4) is 0 Å². The third-order valence-corrected chi connectivity index (χ3v) is 10.8. The molecule has 6 nitrogen and oxygen atoms in total. The van der Waals surface area contributed by atoms with Crippen LogP contribution in [0, 0.1) is 0 Å². The lowest BCUT2D eigenvalue weighted by atomic mass is 9.84. The maximum absolute atomic E-state index is 14.3. The van der Waals surface area contributed by atoms with Gasteiger partial charge in [0.25, 0.3) is 17.4 Å². The van der Waals surface area contributed by atoms with Crippen LogP contribution in [-0.4, -0.2) is 32.6 Å². The fourth-order valence-corrected chi connectivity index (χ4v) is 8.52. The van der Waals surface area contributed by atoms with E-state index in [4.69, 9.17) is 4.98 Å². The fraction of sp³-hybridized carbons (Fsp3) is 0.190. The second kappa shape index (κ2) is 9.94. The lowest BCUT2D eigenvalue weighted by Crippen LogP contribution is -2.40. The first kappa shape index (κ1) is 27.5. The Morgan fingerprint density at radius 2 is 1.10 bits per heavy atom. The summed E-state index contributed by atoms with van der Waals surface area (Å²) >= 11 is 0. The Bertz CT molecular complexity index is 2830. The highest BCUT2D eigenvalue weighted by atomic mass is 16.2. The number of imidazole rings is 1. The highest BCUT2D eigenvalue weighted by molar-refractivity contribution is 6.41. The van der Waals surface area contributed by atoms with Crippen LogP contribution in [0.2, 0.25) is 0 Å². The van der Waals surface area contributed by atoms with Gasteiger partial charge in [0.1, 0.15) is 5.65 Å². The second-order valence-electron chi connectivity index (χ2n) is 13.4. The Kier molecular flexibility index (Phi) is 5.69. The summed E-state index contributed by atoms with van der Waals surface area (Å²) in [6.45, 7) is 2.64.